The van der Waals surface area contributed by atoms with E-state index in [0.717, 1.165) is 10.7 Å². The van der Waals surface area contributed by atoms with Crippen LogP contribution in [0.25, 0.3) is 0 Å². The minimum Gasteiger partial charge on any atom is -0.260 e. The zero-order chi connectivity index (χ0) is 13.8. The quantitative estimate of drug-likeness (QED) is 0.663. The zero-order valence-electron chi connectivity index (χ0n) is 10.9. The van der Waals surface area contributed by atoms with E-state index in [1.54, 1.807) is 0 Å². The highest BCUT2D eigenvalue weighted by Gasteiger charge is 2.17. The molecule has 0 saturated carbocycles. The van der Waals surface area contributed by atoms with Crippen LogP contribution in [0.15, 0.2) is 79.0 Å². The van der Waals surface area contributed by atoms with E-state index in [-0.39, 0.29) is 5.92 Å². The van der Waals surface area contributed by atoms with Crippen molar-refractivity contribution >= 4 is 11.6 Å². The number of nitrogens with zero attached hydrogens (tertiary/aromatic N) is 1. The van der Waals surface area contributed by atoms with E-state index in [1.807, 2.05) is 36.5 Å². The summed E-state index contributed by atoms with van der Waals surface area (Å²) in [5.74, 6) is 0.134. The average Bonchev–Trinajstić information content (AvgIpc) is 2.52. The van der Waals surface area contributed by atoms with Crippen molar-refractivity contribution in [2.75, 3.05) is 0 Å². The van der Waals surface area contributed by atoms with Gasteiger partial charge in [-0.05, 0) is 35.4 Å². The number of pyridine rings is 1. The molecule has 2 heteroatoms. The highest BCUT2D eigenvalue weighted by atomic mass is 35.5. The lowest BCUT2D eigenvalue weighted by Gasteiger charge is -2.17. The highest BCUT2D eigenvalue weighted by molar-refractivity contribution is 6.30. The van der Waals surface area contributed by atoms with E-state index in [0.29, 0.717) is 0 Å². The van der Waals surface area contributed by atoms with Gasteiger partial charge >= 0.3 is 0 Å². The predicted molar refractivity (Wildman–Crippen MR) is 83.1 cm³/mol. The second kappa shape index (κ2) is 5.89. The van der Waals surface area contributed by atoms with Crippen LogP contribution in [0.5, 0.6) is 0 Å². The molecule has 0 fully saturated rings. The van der Waals surface area contributed by atoms with Gasteiger partial charge in [-0.2, -0.15) is 0 Å². The van der Waals surface area contributed by atoms with Crippen molar-refractivity contribution in [3.05, 3.63) is 101 Å². The molecule has 1 aromatic heterocycles. The van der Waals surface area contributed by atoms with E-state index in [2.05, 4.69) is 47.4 Å². The van der Waals surface area contributed by atoms with Gasteiger partial charge in [0.05, 0.1) is 11.6 Å². The molecule has 1 nitrogen and oxygen atoms in total. The van der Waals surface area contributed by atoms with Gasteiger partial charge in [0.15, 0.2) is 0 Å². The fraction of sp³-hybridized carbons (Fsp3) is 0.0556. The van der Waals surface area contributed by atoms with E-state index in [4.69, 9.17) is 11.6 Å². The molecular formula is C18H14ClN. The van der Waals surface area contributed by atoms with E-state index >= 15 is 0 Å². The third kappa shape index (κ3) is 2.73. The van der Waals surface area contributed by atoms with Gasteiger partial charge in [0.25, 0.3) is 0 Å². The number of benzene rings is 2. The number of halogens is 1. The van der Waals surface area contributed by atoms with Crippen molar-refractivity contribution in [1.29, 1.82) is 0 Å². The SMILES string of the molecule is Clc1ccc(C(c2ccccc2)c2ccccn2)cc1. The smallest absolute Gasteiger partial charge is 0.0522 e. The number of rotatable bonds is 3. The van der Waals surface area contributed by atoms with Gasteiger partial charge in [-0.15, -0.1) is 0 Å². The fourth-order valence-corrected chi connectivity index (χ4v) is 2.51. The molecule has 0 aliphatic carbocycles. The maximum absolute atomic E-state index is 5.99. The van der Waals surface area contributed by atoms with Gasteiger partial charge in [-0.3, -0.25) is 4.98 Å². The Morgan fingerprint density at radius 2 is 1.35 bits per heavy atom. The third-order valence-electron chi connectivity index (χ3n) is 3.32. The lowest BCUT2D eigenvalue weighted by Crippen LogP contribution is -2.05. The molecule has 0 aliphatic rings. The number of hydrogen-bond donors (Lipinski definition) is 0. The Kier molecular flexibility index (Phi) is 3.80. The number of hydrogen-bond acceptors (Lipinski definition) is 1. The normalized spacial score (nSPS) is 12.1. The molecule has 3 rings (SSSR count). The summed E-state index contributed by atoms with van der Waals surface area (Å²) in [6, 6.07) is 24.4. The first kappa shape index (κ1) is 12.9. The Hall–Kier alpha value is -2.12. The molecule has 0 amide bonds. The Labute approximate surface area is 123 Å². The van der Waals surface area contributed by atoms with Crippen LogP contribution in [0, 0.1) is 0 Å². The van der Waals surface area contributed by atoms with Crippen LogP contribution >= 0.6 is 11.6 Å². The summed E-state index contributed by atoms with van der Waals surface area (Å²) >= 11 is 5.99. The van der Waals surface area contributed by atoms with Crippen molar-refractivity contribution in [2.24, 2.45) is 0 Å². The molecular weight excluding hydrogens is 266 g/mol. The standard InChI is InChI=1S/C18H14ClN/c19-16-11-9-15(10-12-16)18(14-6-2-1-3-7-14)17-8-4-5-13-20-17/h1-13,18H. The van der Waals surface area contributed by atoms with Crippen molar-refractivity contribution in [2.45, 2.75) is 5.92 Å². The Balaban J connectivity index is 2.11. The van der Waals surface area contributed by atoms with Crippen LogP contribution in [-0.4, -0.2) is 4.98 Å². The summed E-state index contributed by atoms with van der Waals surface area (Å²) in [5.41, 5.74) is 3.47. The van der Waals surface area contributed by atoms with E-state index in [9.17, 15) is 0 Å². The summed E-state index contributed by atoms with van der Waals surface area (Å²) < 4.78 is 0. The second-order valence-electron chi connectivity index (χ2n) is 4.65. The highest BCUT2D eigenvalue weighted by Crippen LogP contribution is 2.30. The molecule has 98 valence electrons. The molecule has 20 heavy (non-hydrogen) atoms. The van der Waals surface area contributed by atoms with Gasteiger partial charge in [-0.25, -0.2) is 0 Å². The lowest BCUT2D eigenvalue weighted by molar-refractivity contribution is 0.919. The summed E-state index contributed by atoms with van der Waals surface area (Å²) in [6.07, 6.45) is 1.83. The van der Waals surface area contributed by atoms with E-state index in [1.165, 1.54) is 11.1 Å². The first-order chi connectivity index (χ1) is 9.84. The third-order valence-corrected chi connectivity index (χ3v) is 3.57. The molecule has 3 aromatic rings. The minimum atomic E-state index is 0.134. The van der Waals surface area contributed by atoms with Gasteiger partial charge in [0.2, 0.25) is 0 Å². The lowest BCUT2D eigenvalue weighted by atomic mass is 9.88. The Morgan fingerprint density at radius 3 is 2.00 bits per heavy atom. The van der Waals surface area contributed by atoms with Crippen molar-refractivity contribution in [3.63, 3.8) is 0 Å². The molecule has 1 heterocycles. The van der Waals surface area contributed by atoms with Gasteiger partial charge in [0, 0.05) is 11.2 Å². The predicted octanol–water partition coefficient (Wildman–Crippen LogP) is 4.92. The zero-order valence-corrected chi connectivity index (χ0v) is 11.7. The van der Waals surface area contributed by atoms with Crippen LogP contribution in [0.3, 0.4) is 0 Å². The molecule has 0 spiro atoms. The van der Waals surface area contributed by atoms with Crippen molar-refractivity contribution in [1.82, 2.24) is 4.98 Å². The van der Waals surface area contributed by atoms with Crippen molar-refractivity contribution < 1.29 is 0 Å². The van der Waals surface area contributed by atoms with E-state index < -0.39 is 0 Å². The Morgan fingerprint density at radius 1 is 0.700 bits per heavy atom. The fourth-order valence-electron chi connectivity index (χ4n) is 2.38. The molecule has 1 atom stereocenters. The summed E-state index contributed by atoms with van der Waals surface area (Å²) in [4.78, 5) is 4.52. The molecule has 0 radical (unpaired) electrons. The first-order valence-electron chi connectivity index (χ1n) is 6.56. The molecule has 0 saturated heterocycles. The van der Waals surface area contributed by atoms with Crippen LogP contribution in [0.4, 0.5) is 0 Å². The minimum absolute atomic E-state index is 0.134. The summed E-state index contributed by atoms with van der Waals surface area (Å²) in [6.45, 7) is 0. The maximum atomic E-state index is 5.99. The van der Waals surface area contributed by atoms with Crippen LogP contribution in [0.2, 0.25) is 5.02 Å². The monoisotopic (exact) mass is 279 g/mol. The largest absolute Gasteiger partial charge is 0.260 e. The molecule has 0 bridgehead atoms. The number of aromatic nitrogens is 1. The summed E-state index contributed by atoms with van der Waals surface area (Å²) in [7, 11) is 0. The molecule has 1 unspecified atom stereocenters. The maximum Gasteiger partial charge on any atom is 0.0522 e. The Bertz CT molecular complexity index is 623. The average molecular weight is 280 g/mol. The molecule has 0 N–H and O–H groups in total. The van der Waals surface area contributed by atoms with Crippen LogP contribution < -0.4 is 0 Å². The molecule has 2 aromatic carbocycles. The first-order valence-corrected chi connectivity index (χ1v) is 6.94. The van der Waals surface area contributed by atoms with Crippen molar-refractivity contribution in [3.8, 4) is 0 Å². The van der Waals surface area contributed by atoms with Gasteiger partial charge in [0.1, 0.15) is 0 Å². The topological polar surface area (TPSA) is 12.9 Å². The second-order valence-corrected chi connectivity index (χ2v) is 5.09. The van der Waals surface area contributed by atoms with Crippen LogP contribution in [0.1, 0.15) is 22.7 Å². The summed E-state index contributed by atoms with van der Waals surface area (Å²) in [5, 5.41) is 0.751. The van der Waals surface area contributed by atoms with Crippen LogP contribution in [-0.2, 0) is 0 Å². The van der Waals surface area contributed by atoms with Gasteiger partial charge in [-0.1, -0.05) is 60.1 Å². The molecule has 0 aliphatic heterocycles. The van der Waals surface area contributed by atoms with Gasteiger partial charge < -0.3 is 0 Å².